The molecule has 3 rings (SSSR count). The lowest BCUT2D eigenvalue weighted by atomic mass is 10.0. The van der Waals surface area contributed by atoms with E-state index >= 15 is 0 Å². The smallest absolute Gasteiger partial charge is 0.294 e. The van der Waals surface area contributed by atoms with Gasteiger partial charge in [-0.3, -0.25) is 19.3 Å². The summed E-state index contributed by atoms with van der Waals surface area (Å²) in [5.41, 5.74) is 2.67. The fourth-order valence-corrected chi connectivity index (χ4v) is 3.47. The first-order chi connectivity index (χ1) is 12.9. The number of carbonyl (C=O) groups is 3. The van der Waals surface area contributed by atoms with E-state index in [2.05, 4.69) is 19.2 Å². The van der Waals surface area contributed by atoms with E-state index in [9.17, 15) is 14.4 Å². The molecule has 1 N–H and O–H groups in total. The molecule has 2 aromatic carbocycles. The van der Waals surface area contributed by atoms with Gasteiger partial charge in [0.25, 0.3) is 11.1 Å². The van der Waals surface area contributed by atoms with Crippen molar-refractivity contribution in [3.05, 3.63) is 70.6 Å². The predicted molar refractivity (Wildman–Crippen MR) is 108 cm³/mol. The lowest BCUT2D eigenvalue weighted by molar-refractivity contribution is -0.127. The van der Waals surface area contributed by atoms with Gasteiger partial charge in [-0.25, -0.2) is 0 Å². The van der Waals surface area contributed by atoms with Gasteiger partial charge >= 0.3 is 0 Å². The van der Waals surface area contributed by atoms with Gasteiger partial charge in [-0.2, -0.15) is 0 Å². The Kier molecular flexibility index (Phi) is 5.76. The van der Waals surface area contributed by atoms with Crippen LogP contribution < -0.4 is 5.32 Å². The Bertz CT molecular complexity index is 889. The van der Waals surface area contributed by atoms with Crippen molar-refractivity contribution in [3.63, 3.8) is 0 Å². The number of thioether (sulfide) groups is 1. The number of nitrogens with zero attached hydrogens (tertiary/aromatic N) is 1. The Morgan fingerprint density at radius 1 is 1.07 bits per heavy atom. The summed E-state index contributed by atoms with van der Waals surface area (Å²) in [5, 5.41) is 2.24. The van der Waals surface area contributed by atoms with Crippen LogP contribution in [-0.2, 0) is 9.59 Å². The molecular weight excluding hydrogens is 360 g/mol. The Labute approximate surface area is 162 Å². The zero-order valence-electron chi connectivity index (χ0n) is 15.1. The average Bonchev–Trinajstić information content (AvgIpc) is 2.90. The van der Waals surface area contributed by atoms with Gasteiger partial charge in [0.05, 0.1) is 4.91 Å². The number of hydrogen-bond donors (Lipinski definition) is 1. The fourth-order valence-electron chi connectivity index (χ4n) is 2.63. The molecule has 0 aromatic heterocycles. The van der Waals surface area contributed by atoms with Gasteiger partial charge in [0.15, 0.2) is 0 Å². The number of hydrogen-bond acceptors (Lipinski definition) is 4. The number of amides is 3. The highest BCUT2D eigenvalue weighted by Crippen LogP contribution is 2.32. The summed E-state index contributed by atoms with van der Waals surface area (Å²) in [4.78, 5) is 38.1. The quantitative estimate of drug-likeness (QED) is 0.777. The van der Waals surface area contributed by atoms with Crippen LogP contribution in [0.4, 0.5) is 10.5 Å². The SMILES string of the molecule is CC(C)c1ccc(C=C2SC(=O)N(CC(=O)Nc3ccccc3)C2=O)cc1. The van der Waals surface area contributed by atoms with Crippen LogP contribution in [0.2, 0.25) is 0 Å². The molecule has 0 radical (unpaired) electrons. The Morgan fingerprint density at radius 2 is 1.74 bits per heavy atom. The van der Waals surface area contributed by atoms with E-state index in [0.717, 1.165) is 22.2 Å². The number of para-hydroxylation sites is 1. The summed E-state index contributed by atoms with van der Waals surface area (Å²) >= 11 is 0.854. The van der Waals surface area contributed by atoms with E-state index in [0.29, 0.717) is 16.5 Å². The van der Waals surface area contributed by atoms with Crippen LogP contribution >= 0.6 is 11.8 Å². The molecule has 1 aliphatic heterocycles. The number of benzene rings is 2. The van der Waals surface area contributed by atoms with Crippen LogP contribution in [0.5, 0.6) is 0 Å². The summed E-state index contributed by atoms with van der Waals surface area (Å²) in [6.45, 7) is 3.92. The van der Waals surface area contributed by atoms with Gasteiger partial charge < -0.3 is 5.32 Å². The van der Waals surface area contributed by atoms with Gasteiger partial charge in [-0.15, -0.1) is 0 Å². The predicted octanol–water partition coefficient (Wildman–Crippen LogP) is 4.49. The number of rotatable bonds is 5. The molecule has 5 nitrogen and oxygen atoms in total. The minimum Gasteiger partial charge on any atom is -0.325 e. The maximum absolute atomic E-state index is 12.5. The van der Waals surface area contributed by atoms with E-state index in [1.165, 1.54) is 5.56 Å². The maximum atomic E-state index is 12.5. The van der Waals surface area contributed by atoms with E-state index in [4.69, 9.17) is 0 Å². The Balaban J connectivity index is 1.68. The summed E-state index contributed by atoms with van der Waals surface area (Å²) in [7, 11) is 0. The summed E-state index contributed by atoms with van der Waals surface area (Å²) in [6.07, 6.45) is 1.68. The second-order valence-corrected chi connectivity index (χ2v) is 7.50. The molecule has 138 valence electrons. The fraction of sp³-hybridized carbons (Fsp3) is 0.190. The topological polar surface area (TPSA) is 66.5 Å². The van der Waals surface area contributed by atoms with E-state index in [1.807, 2.05) is 30.3 Å². The lowest BCUT2D eigenvalue weighted by Gasteiger charge is -2.12. The molecule has 0 atom stereocenters. The second kappa shape index (κ2) is 8.22. The van der Waals surface area contributed by atoms with Gasteiger partial charge in [0.2, 0.25) is 5.91 Å². The summed E-state index contributed by atoms with van der Waals surface area (Å²) < 4.78 is 0. The van der Waals surface area contributed by atoms with Crippen LogP contribution in [-0.4, -0.2) is 28.5 Å². The monoisotopic (exact) mass is 380 g/mol. The van der Waals surface area contributed by atoms with Crippen LogP contribution in [0.15, 0.2) is 59.5 Å². The number of carbonyl (C=O) groups excluding carboxylic acids is 3. The standard InChI is InChI=1S/C21H20N2O3S/c1-14(2)16-10-8-15(9-11-16)12-18-20(25)23(21(26)27-18)13-19(24)22-17-6-4-3-5-7-17/h3-12,14H,13H2,1-2H3,(H,22,24). The molecule has 1 aliphatic rings. The molecule has 3 amide bonds. The van der Waals surface area contributed by atoms with Crippen LogP contribution in [0.25, 0.3) is 6.08 Å². The zero-order chi connectivity index (χ0) is 19.4. The first-order valence-corrected chi connectivity index (χ1v) is 9.46. The Hall–Kier alpha value is -2.86. The van der Waals surface area contributed by atoms with Gasteiger partial charge in [-0.1, -0.05) is 56.3 Å². The molecule has 27 heavy (non-hydrogen) atoms. The van der Waals surface area contributed by atoms with Crippen LogP contribution in [0.1, 0.15) is 30.9 Å². The Morgan fingerprint density at radius 3 is 2.37 bits per heavy atom. The van der Waals surface area contributed by atoms with E-state index < -0.39 is 17.1 Å². The first-order valence-electron chi connectivity index (χ1n) is 8.64. The van der Waals surface area contributed by atoms with Gasteiger partial charge in [-0.05, 0) is 47.0 Å². The molecule has 1 saturated heterocycles. The van der Waals surface area contributed by atoms with Gasteiger partial charge in [0, 0.05) is 5.69 Å². The molecule has 0 aliphatic carbocycles. The van der Waals surface area contributed by atoms with Crippen molar-refractivity contribution in [2.24, 2.45) is 0 Å². The second-order valence-electron chi connectivity index (χ2n) is 6.50. The maximum Gasteiger partial charge on any atom is 0.294 e. The molecular formula is C21H20N2O3S. The summed E-state index contributed by atoms with van der Waals surface area (Å²) in [5.74, 6) is -0.429. The molecule has 2 aromatic rings. The third kappa shape index (κ3) is 4.65. The van der Waals surface area contributed by atoms with Crippen molar-refractivity contribution >= 4 is 40.6 Å². The third-order valence-electron chi connectivity index (χ3n) is 4.13. The lowest BCUT2D eigenvalue weighted by Crippen LogP contribution is -2.36. The average molecular weight is 380 g/mol. The number of nitrogens with one attached hydrogen (secondary N) is 1. The molecule has 0 unspecified atom stereocenters. The van der Waals surface area contributed by atoms with Crippen molar-refractivity contribution < 1.29 is 14.4 Å². The number of anilines is 1. The van der Waals surface area contributed by atoms with E-state index in [-0.39, 0.29) is 6.54 Å². The molecule has 1 fully saturated rings. The van der Waals surface area contributed by atoms with Crippen LogP contribution in [0.3, 0.4) is 0 Å². The molecule has 0 saturated carbocycles. The van der Waals surface area contributed by atoms with E-state index in [1.54, 1.807) is 30.3 Å². The van der Waals surface area contributed by atoms with Crippen molar-refractivity contribution in [2.75, 3.05) is 11.9 Å². The van der Waals surface area contributed by atoms with Crippen molar-refractivity contribution in [1.82, 2.24) is 4.90 Å². The largest absolute Gasteiger partial charge is 0.325 e. The first kappa shape index (κ1) is 18.9. The minimum atomic E-state index is -0.443. The minimum absolute atomic E-state index is 0.302. The highest BCUT2D eigenvalue weighted by Gasteiger charge is 2.36. The number of imide groups is 1. The zero-order valence-corrected chi connectivity index (χ0v) is 16.0. The third-order valence-corrected chi connectivity index (χ3v) is 5.04. The highest BCUT2D eigenvalue weighted by molar-refractivity contribution is 8.18. The van der Waals surface area contributed by atoms with Crippen molar-refractivity contribution in [2.45, 2.75) is 19.8 Å². The van der Waals surface area contributed by atoms with Crippen molar-refractivity contribution in [1.29, 1.82) is 0 Å². The molecule has 0 spiro atoms. The van der Waals surface area contributed by atoms with Crippen molar-refractivity contribution in [3.8, 4) is 0 Å². The molecule has 1 heterocycles. The molecule has 0 bridgehead atoms. The van der Waals surface area contributed by atoms with Crippen LogP contribution in [0, 0.1) is 0 Å². The van der Waals surface area contributed by atoms with Gasteiger partial charge in [0.1, 0.15) is 6.54 Å². The molecule has 6 heteroatoms. The summed E-state index contributed by atoms with van der Waals surface area (Å²) in [6, 6.07) is 16.8. The normalized spacial score (nSPS) is 15.7. The highest BCUT2D eigenvalue weighted by atomic mass is 32.2.